The van der Waals surface area contributed by atoms with Gasteiger partial charge in [-0.3, -0.25) is 5.32 Å². The fourth-order valence-electron chi connectivity index (χ4n) is 5.38. The second-order valence-corrected chi connectivity index (χ2v) is 10.3. The van der Waals surface area contributed by atoms with Crippen LogP contribution in [0.15, 0.2) is 90.3 Å². The number of fused-ring (bicyclic) bond motifs is 3. The first-order valence-corrected chi connectivity index (χ1v) is 13.6. The van der Waals surface area contributed by atoms with Crippen LogP contribution in [0.3, 0.4) is 0 Å². The van der Waals surface area contributed by atoms with Crippen molar-refractivity contribution in [2.24, 2.45) is 0 Å². The number of hydrogen-bond donors (Lipinski definition) is 3. The number of aromatic amines is 1. The number of thioether (sulfide) groups is 1. The molecule has 0 aliphatic heterocycles. The largest absolute Gasteiger partial charge is 0.497 e. The van der Waals surface area contributed by atoms with Crippen LogP contribution in [0.5, 0.6) is 5.75 Å². The van der Waals surface area contributed by atoms with Gasteiger partial charge in [0.2, 0.25) is 0 Å². The summed E-state index contributed by atoms with van der Waals surface area (Å²) in [7, 11) is 1.68. The zero-order valence-electron chi connectivity index (χ0n) is 20.6. The molecule has 6 heteroatoms. The lowest BCUT2D eigenvalue weighted by molar-refractivity contribution is 0.0658. The second kappa shape index (κ2) is 11.3. The van der Waals surface area contributed by atoms with E-state index in [1.165, 1.54) is 27.8 Å². The molecular weight excluding hydrogens is 466 g/mol. The summed E-state index contributed by atoms with van der Waals surface area (Å²) in [6.07, 6.45) is 6.72. The molecule has 186 valence electrons. The number of aromatic nitrogens is 2. The number of methoxy groups -OCH3 is 1. The third-order valence-corrected chi connectivity index (χ3v) is 8.15. The van der Waals surface area contributed by atoms with Crippen molar-refractivity contribution in [3.63, 3.8) is 0 Å². The highest BCUT2D eigenvalue weighted by atomic mass is 32.2. The average Bonchev–Trinajstić information content (AvgIpc) is 3.54. The fourth-order valence-corrected chi connectivity index (χ4v) is 6.21. The van der Waals surface area contributed by atoms with Crippen LogP contribution in [0, 0.1) is 0 Å². The van der Waals surface area contributed by atoms with Crippen LogP contribution in [-0.4, -0.2) is 40.7 Å². The maximum absolute atomic E-state index is 11.8. The van der Waals surface area contributed by atoms with E-state index in [9.17, 15) is 5.11 Å². The number of H-pyrrole nitrogens is 1. The van der Waals surface area contributed by atoms with E-state index in [0.29, 0.717) is 6.54 Å². The van der Waals surface area contributed by atoms with E-state index in [0.717, 1.165) is 42.3 Å². The number of hydrogen-bond acceptors (Lipinski definition) is 5. The Morgan fingerprint density at radius 2 is 1.67 bits per heavy atom. The summed E-state index contributed by atoms with van der Waals surface area (Å²) in [6.45, 7) is 0.688. The van der Waals surface area contributed by atoms with Gasteiger partial charge in [0, 0.05) is 24.7 Å². The van der Waals surface area contributed by atoms with Gasteiger partial charge in [-0.05, 0) is 59.2 Å². The smallest absolute Gasteiger partial charge is 0.165 e. The number of imidazole rings is 1. The average molecular weight is 500 g/mol. The van der Waals surface area contributed by atoms with Crippen molar-refractivity contribution in [3.05, 3.63) is 102 Å². The molecule has 0 radical (unpaired) electrons. The number of aliphatic hydroxyl groups is 1. The zero-order chi connectivity index (χ0) is 24.8. The highest BCUT2D eigenvalue weighted by Gasteiger charge is 2.47. The predicted octanol–water partition coefficient (Wildman–Crippen LogP) is 5.80. The van der Waals surface area contributed by atoms with E-state index in [-0.39, 0.29) is 0 Å². The maximum atomic E-state index is 11.8. The van der Waals surface area contributed by atoms with E-state index in [1.54, 1.807) is 25.1 Å². The molecule has 3 aromatic carbocycles. The molecular formula is C30H33N3O2S. The summed E-state index contributed by atoms with van der Waals surface area (Å²) in [5, 5.41) is 16.3. The van der Waals surface area contributed by atoms with Gasteiger partial charge < -0.3 is 14.8 Å². The van der Waals surface area contributed by atoms with E-state index < -0.39 is 11.6 Å². The van der Waals surface area contributed by atoms with Gasteiger partial charge in [0.15, 0.2) is 5.16 Å². The van der Waals surface area contributed by atoms with Crippen LogP contribution in [0.2, 0.25) is 0 Å². The topological polar surface area (TPSA) is 70.2 Å². The van der Waals surface area contributed by atoms with Gasteiger partial charge in [-0.1, -0.05) is 78.8 Å². The molecule has 1 heterocycles. The predicted molar refractivity (Wildman–Crippen MR) is 147 cm³/mol. The molecule has 0 bridgehead atoms. The highest BCUT2D eigenvalue weighted by molar-refractivity contribution is 7.99. The van der Waals surface area contributed by atoms with Crippen molar-refractivity contribution >= 4 is 11.8 Å². The quantitative estimate of drug-likeness (QED) is 0.131. The third kappa shape index (κ3) is 4.94. The van der Waals surface area contributed by atoms with Gasteiger partial charge in [-0.15, -0.1) is 0 Å². The molecule has 36 heavy (non-hydrogen) atoms. The van der Waals surface area contributed by atoms with Crippen molar-refractivity contribution < 1.29 is 9.84 Å². The van der Waals surface area contributed by atoms with Gasteiger partial charge in [-0.2, -0.15) is 0 Å². The van der Waals surface area contributed by atoms with Gasteiger partial charge >= 0.3 is 0 Å². The monoisotopic (exact) mass is 499 g/mol. The highest BCUT2D eigenvalue weighted by Crippen LogP contribution is 2.52. The first-order valence-electron chi connectivity index (χ1n) is 12.6. The van der Waals surface area contributed by atoms with Gasteiger partial charge in [0.05, 0.1) is 12.5 Å². The Hall–Kier alpha value is -3.06. The van der Waals surface area contributed by atoms with Crippen LogP contribution in [0.4, 0.5) is 0 Å². The Bertz CT molecular complexity index is 1210. The van der Waals surface area contributed by atoms with Crippen molar-refractivity contribution in [1.29, 1.82) is 0 Å². The third-order valence-electron chi connectivity index (χ3n) is 7.16. The molecule has 1 unspecified atom stereocenters. The van der Waals surface area contributed by atoms with Gasteiger partial charge in [0.1, 0.15) is 12.0 Å². The van der Waals surface area contributed by atoms with E-state index >= 15 is 0 Å². The summed E-state index contributed by atoms with van der Waals surface area (Å²) in [4.78, 5) is 7.47. The molecule has 0 saturated heterocycles. The van der Waals surface area contributed by atoms with E-state index in [1.807, 2.05) is 18.3 Å². The molecule has 1 aromatic heterocycles. The Kier molecular flexibility index (Phi) is 7.75. The summed E-state index contributed by atoms with van der Waals surface area (Å²) >= 11 is 1.75. The first-order chi connectivity index (χ1) is 17.7. The summed E-state index contributed by atoms with van der Waals surface area (Å²) in [5.74, 6) is 1.85. The van der Waals surface area contributed by atoms with Crippen LogP contribution < -0.4 is 10.1 Å². The number of nitrogens with zero attached hydrogens (tertiary/aromatic N) is 1. The molecule has 0 amide bonds. The van der Waals surface area contributed by atoms with Gasteiger partial charge in [0.25, 0.3) is 0 Å². The molecule has 5 nitrogen and oxygen atoms in total. The normalized spacial score (nSPS) is 14.3. The lowest BCUT2D eigenvalue weighted by atomic mass is 9.72. The Balaban J connectivity index is 1.34. The Labute approximate surface area is 217 Å². The lowest BCUT2D eigenvalue weighted by Crippen LogP contribution is -2.49. The number of benzene rings is 3. The lowest BCUT2D eigenvalue weighted by Gasteiger charge is -2.37. The molecule has 0 fully saturated rings. The minimum Gasteiger partial charge on any atom is -0.497 e. The molecule has 3 N–H and O–H groups in total. The van der Waals surface area contributed by atoms with E-state index in [2.05, 4.69) is 75.9 Å². The fraction of sp³-hybridized carbons (Fsp3) is 0.300. The van der Waals surface area contributed by atoms with E-state index in [4.69, 9.17) is 4.74 Å². The zero-order valence-corrected chi connectivity index (χ0v) is 21.4. The molecule has 0 saturated carbocycles. The standard InChI is InChI=1S/C30H33N3O2S/c1-35-23-14-12-22(13-15-23)16-18-31-28(34)30(17-6-7-21-36-29-32-19-20-33-29)26-10-4-2-8-24(26)25-9-3-5-11-27(25)30/h2-5,8-15,19-20,28,31,34H,6-7,16-18,21H2,1H3,(H,32,33). The van der Waals surface area contributed by atoms with Crippen molar-refractivity contribution in [1.82, 2.24) is 15.3 Å². The first kappa shape index (κ1) is 24.6. The molecule has 5 rings (SSSR count). The van der Waals surface area contributed by atoms with Crippen LogP contribution in [0.1, 0.15) is 36.0 Å². The summed E-state index contributed by atoms with van der Waals surface area (Å²) in [5.41, 5.74) is 5.63. The Morgan fingerprint density at radius 1 is 0.972 bits per heavy atom. The SMILES string of the molecule is COc1ccc(CCNC(O)C2(CCCCSc3ncc[nH]3)c3ccccc3-c3ccccc32)cc1. The number of unbranched alkanes of at least 4 members (excludes halogenated alkanes) is 1. The molecule has 0 spiro atoms. The number of aliphatic hydroxyl groups excluding tert-OH is 1. The second-order valence-electron chi connectivity index (χ2n) is 9.22. The van der Waals surface area contributed by atoms with Gasteiger partial charge in [-0.25, -0.2) is 4.98 Å². The van der Waals surface area contributed by atoms with Crippen LogP contribution >= 0.6 is 11.8 Å². The van der Waals surface area contributed by atoms with Crippen molar-refractivity contribution in [2.45, 2.75) is 42.5 Å². The summed E-state index contributed by atoms with van der Waals surface area (Å²) < 4.78 is 5.27. The van der Waals surface area contributed by atoms with Crippen molar-refractivity contribution in [3.8, 4) is 16.9 Å². The Morgan fingerprint density at radius 3 is 2.31 bits per heavy atom. The molecule has 1 atom stereocenters. The number of rotatable bonds is 12. The number of ether oxygens (including phenoxy) is 1. The van der Waals surface area contributed by atoms with Crippen LogP contribution in [-0.2, 0) is 11.8 Å². The van der Waals surface area contributed by atoms with Crippen LogP contribution in [0.25, 0.3) is 11.1 Å². The number of nitrogens with one attached hydrogen (secondary N) is 2. The minimum atomic E-state index is -0.696. The molecule has 1 aliphatic carbocycles. The minimum absolute atomic E-state index is 0.484. The summed E-state index contributed by atoms with van der Waals surface area (Å²) in [6, 6.07) is 25.3. The molecule has 4 aromatic rings. The van der Waals surface area contributed by atoms with Crippen molar-refractivity contribution in [2.75, 3.05) is 19.4 Å². The molecule has 1 aliphatic rings. The maximum Gasteiger partial charge on any atom is 0.165 e.